The number of carbonyl (C=O) groups excluding carboxylic acids is 1. The lowest BCUT2D eigenvalue weighted by Gasteiger charge is -2.30. The molecular weight excluding hydrogens is 264 g/mol. The Morgan fingerprint density at radius 3 is 2.65 bits per heavy atom. The first-order valence-electron chi connectivity index (χ1n) is 6.73. The summed E-state index contributed by atoms with van der Waals surface area (Å²) in [7, 11) is 1.31. The Morgan fingerprint density at radius 1 is 1.45 bits per heavy atom. The Bertz CT molecular complexity index is 503. The number of esters is 1. The molecule has 20 heavy (non-hydrogen) atoms. The average molecular weight is 283 g/mol. The number of nitrogens with two attached hydrogens (primary N) is 1. The summed E-state index contributed by atoms with van der Waals surface area (Å²) in [6.07, 6.45) is 2.85. The zero-order valence-corrected chi connectivity index (χ0v) is 11.5. The third-order valence-electron chi connectivity index (χ3n) is 3.93. The van der Waals surface area contributed by atoms with Crippen LogP contribution in [0.5, 0.6) is 0 Å². The number of halogens is 2. The van der Waals surface area contributed by atoms with Crippen molar-refractivity contribution < 1.29 is 18.3 Å². The fourth-order valence-electron chi connectivity index (χ4n) is 2.59. The predicted molar refractivity (Wildman–Crippen MR) is 70.9 cm³/mol. The lowest BCUT2D eigenvalue weighted by molar-refractivity contribution is -0.153. The fourth-order valence-corrected chi connectivity index (χ4v) is 2.59. The quantitative estimate of drug-likeness (QED) is 0.816. The van der Waals surface area contributed by atoms with Gasteiger partial charge in [0, 0.05) is 12.6 Å². The van der Waals surface area contributed by atoms with Crippen molar-refractivity contribution >= 4 is 5.97 Å². The average Bonchev–Trinajstić information content (AvgIpc) is 3.23. The largest absolute Gasteiger partial charge is 0.469 e. The van der Waals surface area contributed by atoms with Gasteiger partial charge < -0.3 is 10.5 Å². The molecule has 110 valence electrons. The standard InChI is InChI=1S/C15H19F2NO2/c1-20-14(19)15(9-18,7-10-2-3-10)8-11-4-5-12(16)6-13(11)17/h4-6,10H,2-3,7-9,18H2,1H3. The number of benzene rings is 1. The van der Waals surface area contributed by atoms with Crippen molar-refractivity contribution in [2.75, 3.05) is 13.7 Å². The molecule has 0 amide bonds. The molecule has 0 spiro atoms. The van der Waals surface area contributed by atoms with Crippen LogP contribution in [0, 0.1) is 23.0 Å². The lowest BCUT2D eigenvalue weighted by atomic mass is 9.77. The molecule has 1 aromatic carbocycles. The van der Waals surface area contributed by atoms with Crippen molar-refractivity contribution in [3.63, 3.8) is 0 Å². The minimum atomic E-state index is -0.922. The summed E-state index contributed by atoms with van der Waals surface area (Å²) in [5, 5.41) is 0. The molecule has 1 saturated carbocycles. The van der Waals surface area contributed by atoms with Crippen molar-refractivity contribution in [3.8, 4) is 0 Å². The monoisotopic (exact) mass is 283 g/mol. The summed E-state index contributed by atoms with van der Waals surface area (Å²) in [6.45, 7) is 0.0903. The number of hydrogen-bond donors (Lipinski definition) is 1. The van der Waals surface area contributed by atoms with E-state index in [2.05, 4.69) is 0 Å². The molecule has 1 aliphatic carbocycles. The Morgan fingerprint density at radius 2 is 2.15 bits per heavy atom. The van der Waals surface area contributed by atoms with Gasteiger partial charge in [-0.1, -0.05) is 18.9 Å². The van der Waals surface area contributed by atoms with Crippen molar-refractivity contribution in [3.05, 3.63) is 35.4 Å². The van der Waals surface area contributed by atoms with Gasteiger partial charge in [0.15, 0.2) is 0 Å². The van der Waals surface area contributed by atoms with Crippen LogP contribution >= 0.6 is 0 Å². The number of ether oxygens (including phenoxy) is 1. The molecule has 2 N–H and O–H groups in total. The summed E-state index contributed by atoms with van der Waals surface area (Å²) in [5.41, 5.74) is 5.16. The molecule has 1 atom stereocenters. The maximum absolute atomic E-state index is 13.8. The van der Waals surface area contributed by atoms with E-state index in [1.165, 1.54) is 19.2 Å². The molecule has 0 radical (unpaired) electrons. The van der Waals surface area contributed by atoms with Gasteiger partial charge in [-0.25, -0.2) is 8.78 Å². The second kappa shape index (κ2) is 5.87. The van der Waals surface area contributed by atoms with Crippen LogP contribution in [0.4, 0.5) is 8.78 Å². The molecule has 1 aliphatic rings. The lowest BCUT2D eigenvalue weighted by Crippen LogP contribution is -2.42. The van der Waals surface area contributed by atoms with E-state index in [0.717, 1.165) is 18.9 Å². The molecule has 0 bridgehead atoms. The van der Waals surface area contributed by atoms with Crippen molar-refractivity contribution in [2.45, 2.75) is 25.7 Å². The van der Waals surface area contributed by atoms with Crippen LogP contribution in [0.25, 0.3) is 0 Å². The summed E-state index contributed by atoms with van der Waals surface area (Å²) in [6, 6.07) is 3.38. The Labute approximate surface area is 117 Å². The molecule has 1 fully saturated rings. The summed E-state index contributed by atoms with van der Waals surface area (Å²) in [4.78, 5) is 12.1. The van der Waals surface area contributed by atoms with Crippen LogP contribution in [-0.4, -0.2) is 19.6 Å². The van der Waals surface area contributed by atoms with Gasteiger partial charge in [-0.05, 0) is 30.4 Å². The van der Waals surface area contributed by atoms with Gasteiger partial charge >= 0.3 is 5.97 Å². The number of methoxy groups -OCH3 is 1. The summed E-state index contributed by atoms with van der Waals surface area (Å²) < 4.78 is 31.6. The zero-order chi connectivity index (χ0) is 14.8. The summed E-state index contributed by atoms with van der Waals surface area (Å²) in [5.74, 6) is -1.26. The van der Waals surface area contributed by atoms with Gasteiger partial charge in [-0.15, -0.1) is 0 Å². The second-order valence-corrected chi connectivity index (χ2v) is 5.54. The molecule has 0 aliphatic heterocycles. The smallest absolute Gasteiger partial charge is 0.313 e. The predicted octanol–water partition coefficient (Wildman–Crippen LogP) is 2.43. The molecule has 0 heterocycles. The molecule has 1 unspecified atom stereocenters. The van der Waals surface area contributed by atoms with Crippen molar-refractivity contribution in [1.82, 2.24) is 0 Å². The first-order chi connectivity index (χ1) is 9.50. The van der Waals surface area contributed by atoms with E-state index in [1.807, 2.05) is 0 Å². The van der Waals surface area contributed by atoms with Gasteiger partial charge in [0.2, 0.25) is 0 Å². The first-order valence-corrected chi connectivity index (χ1v) is 6.73. The van der Waals surface area contributed by atoms with Crippen LogP contribution in [0.1, 0.15) is 24.8 Å². The Hall–Kier alpha value is -1.49. The van der Waals surface area contributed by atoms with Crippen molar-refractivity contribution in [1.29, 1.82) is 0 Å². The van der Waals surface area contributed by atoms with Crippen LogP contribution < -0.4 is 5.73 Å². The van der Waals surface area contributed by atoms with E-state index in [0.29, 0.717) is 17.9 Å². The zero-order valence-electron chi connectivity index (χ0n) is 11.5. The Balaban J connectivity index is 2.27. The molecule has 0 aromatic heterocycles. The van der Waals surface area contributed by atoms with Crippen LogP contribution in [-0.2, 0) is 16.0 Å². The number of rotatable bonds is 6. The van der Waals surface area contributed by atoms with E-state index in [1.54, 1.807) is 0 Å². The minimum absolute atomic E-state index is 0.0903. The Kier molecular flexibility index (Phi) is 4.38. The SMILES string of the molecule is COC(=O)C(CN)(Cc1ccc(F)cc1F)CC1CC1. The van der Waals surface area contributed by atoms with Crippen LogP contribution in [0.15, 0.2) is 18.2 Å². The van der Waals surface area contributed by atoms with Crippen molar-refractivity contribution in [2.24, 2.45) is 17.1 Å². The molecule has 3 nitrogen and oxygen atoms in total. The van der Waals surface area contributed by atoms with Gasteiger partial charge in [0.05, 0.1) is 12.5 Å². The number of carbonyl (C=O) groups is 1. The normalized spacial score (nSPS) is 17.6. The second-order valence-electron chi connectivity index (χ2n) is 5.54. The highest BCUT2D eigenvalue weighted by Gasteiger charge is 2.43. The molecule has 0 saturated heterocycles. The first kappa shape index (κ1) is 14.9. The number of hydrogen-bond acceptors (Lipinski definition) is 3. The highest BCUT2D eigenvalue weighted by atomic mass is 19.1. The van der Waals surface area contributed by atoms with E-state index in [-0.39, 0.29) is 13.0 Å². The third kappa shape index (κ3) is 3.15. The fraction of sp³-hybridized carbons (Fsp3) is 0.533. The molecule has 1 aromatic rings. The third-order valence-corrected chi connectivity index (χ3v) is 3.93. The van der Waals surface area contributed by atoms with Crippen LogP contribution in [0.2, 0.25) is 0 Å². The van der Waals surface area contributed by atoms with E-state index < -0.39 is 23.0 Å². The molecular formula is C15H19F2NO2. The van der Waals surface area contributed by atoms with E-state index in [9.17, 15) is 13.6 Å². The van der Waals surface area contributed by atoms with E-state index >= 15 is 0 Å². The highest BCUT2D eigenvalue weighted by molar-refractivity contribution is 5.77. The van der Waals surface area contributed by atoms with Crippen LogP contribution in [0.3, 0.4) is 0 Å². The van der Waals surface area contributed by atoms with E-state index in [4.69, 9.17) is 10.5 Å². The minimum Gasteiger partial charge on any atom is -0.469 e. The van der Waals surface area contributed by atoms with Gasteiger partial charge in [0.25, 0.3) is 0 Å². The van der Waals surface area contributed by atoms with Gasteiger partial charge in [0.1, 0.15) is 11.6 Å². The van der Waals surface area contributed by atoms with Gasteiger partial charge in [-0.3, -0.25) is 4.79 Å². The molecule has 2 rings (SSSR count). The topological polar surface area (TPSA) is 52.3 Å². The molecule has 5 heteroatoms. The highest BCUT2D eigenvalue weighted by Crippen LogP contribution is 2.42. The maximum Gasteiger partial charge on any atom is 0.313 e. The summed E-state index contributed by atoms with van der Waals surface area (Å²) >= 11 is 0. The van der Waals surface area contributed by atoms with Gasteiger partial charge in [-0.2, -0.15) is 0 Å². The maximum atomic E-state index is 13.8.